The number of para-hydroxylation sites is 1. The van der Waals surface area contributed by atoms with E-state index in [-0.39, 0.29) is 0 Å². The average Bonchev–Trinajstić information content (AvgIpc) is 3.65. The number of hydrogen-bond acceptors (Lipinski definition) is 3. The molecular weight excluding hydrogens is 543 g/mol. The number of benzene rings is 7. The quantitative estimate of drug-likeness (QED) is 0.210. The summed E-state index contributed by atoms with van der Waals surface area (Å²) in [5.41, 5.74) is 7.62. The molecule has 202 valence electrons. The van der Waals surface area contributed by atoms with Gasteiger partial charge < -0.3 is 9.32 Å². The molecule has 0 unspecified atom stereocenters. The second kappa shape index (κ2) is 9.59. The number of anilines is 3. The molecule has 0 aliphatic heterocycles. The molecule has 0 bridgehead atoms. The number of nitrogens with zero attached hydrogens (tertiary/aromatic N) is 1. The minimum atomic E-state index is 0.885. The molecule has 0 aliphatic rings. The van der Waals surface area contributed by atoms with Crippen LogP contribution in [0.4, 0.5) is 17.1 Å². The molecule has 0 saturated heterocycles. The SMILES string of the molecule is c1ccc(-c2ccc(N(c3cccc4oc5ccccc5c34)c3cccc4sc5ccccc5c34)c3ccccc23)cc1. The molecule has 0 fully saturated rings. The first kappa shape index (κ1) is 24.2. The molecule has 0 atom stereocenters. The number of hydrogen-bond donors (Lipinski definition) is 0. The fraction of sp³-hybridized carbons (Fsp3) is 0. The summed E-state index contributed by atoms with van der Waals surface area (Å²) >= 11 is 1.85. The first-order valence-corrected chi connectivity index (χ1v) is 15.3. The summed E-state index contributed by atoms with van der Waals surface area (Å²) in [4.78, 5) is 2.46. The molecular formula is C40H25NOS. The molecule has 2 heterocycles. The zero-order valence-corrected chi connectivity index (χ0v) is 24.0. The van der Waals surface area contributed by atoms with Crippen LogP contribution in [0.2, 0.25) is 0 Å². The van der Waals surface area contributed by atoms with Gasteiger partial charge in [0.05, 0.1) is 22.4 Å². The lowest BCUT2D eigenvalue weighted by Gasteiger charge is -2.29. The minimum Gasteiger partial charge on any atom is -0.456 e. The summed E-state index contributed by atoms with van der Waals surface area (Å²) in [6.45, 7) is 0. The molecule has 9 aromatic rings. The van der Waals surface area contributed by atoms with Crippen molar-refractivity contribution in [2.24, 2.45) is 0 Å². The number of fused-ring (bicyclic) bond motifs is 7. The highest BCUT2D eigenvalue weighted by Gasteiger charge is 2.24. The summed E-state index contributed by atoms with van der Waals surface area (Å²) in [5, 5.41) is 7.20. The molecule has 43 heavy (non-hydrogen) atoms. The van der Waals surface area contributed by atoms with E-state index in [4.69, 9.17) is 4.42 Å². The second-order valence-electron chi connectivity index (χ2n) is 10.9. The molecule has 2 aromatic heterocycles. The van der Waals surface area contributed by atoms with Gasteiger partial charge in [0.25, 0.3) is 0 Å². The Morgan fingerprint density at radius 3 is 1.88 bits per heavy atom. The molecule has 0 amide bonds. The maximum atomic E-state index is 6.40. The molecule has 0 N–H and O–H groups in total. The van der Waals surface area contributed by atoms with E-state index in [2.05, 4.69) is 150 Å². The Balaban J connectivity index is 1.43. The van der Waals surface area contributed by atoms with Crippen LogP contribution in [-0.4, -0.2) is 0 Å². The van der Waals surface area contributed by atoms with Gasteiger partial charge >= 0.3 is 0 Å². The number of rotatable bonds is 4. The van der Waals surface area contributed by atoms with Gasteiger partial charge in [0.1, 0.15) is 11.2 Å². The monoisotopic (exact) mass is 567 g/mol. The lowest BCUT2D eigenvalue weighted by atomic mass is 9.96. The standard InChI is InChI=1S/C40H25NOS/c1-2-12-26(13-3-1)27-24-25-32(29-15-5-4-14-28(27)29)41(33-18-10-21-36-39(33)30-16-6-8-20-35(30)42-36)34-19-11-23-38-40(34)31-17-7-9-22-37(31)43-38/h1-25H. The topological polar surface area (TPSA) is 16.4 Å². The maximum Gasteiger partial charge on any atom is 0.137 e. The maximum absolute atomic E-state index is 6.40. The van der Waals surface area contributed by atoms with Crippen molar-refractivity contribution in [1.29, 1.82) is 0 Å². The fourth-order valence-electron chi connectivity index (χ4n) is 6.62. The first-order chi connectivity index (χ1) is 21.3. The normalized spacial score (nSPS) is 11.7. The predicted molar refractivity (Wildman–Crippen MR) is 184 cm³/mol. The summed E-state index contributed by atoms with van der Waals surface area (Å²) in [6.07, 6.45) is 0. The van der Waals surface area contributed by atoms with Gasteiger partial charge in [0.15, 0.2) is 0 Å². The van der Waals surface area contributed by atoms with Crippen molar-refractivity contribution in [3.63, 3.8) is 0 Å². The summed E-state index contributed by atoms with van der Waals surface area (Å²) in [6, 6.07) is 54.2. The van der Waals surface area contributed by atoms with Gasteiger partial charge in [-0.05, 0) is 59.0 Å². The Labute approximate surface area is 252 Å². The van der Waals surface area contributed by atoms with Gasteiger partial charge in [0.2, 0.25) is 0 Å². The van der Waals surface area contributed by atoms with E-state index in [1.54, 1.807) is 0 Å². The van der Waals surface area contributed by atoms with E-state index >= 15 is 0 Å². The van der Waals surface area contributed by atoms with Crippen LogP contribution in [0.25, 0.3) is 64.0 Å². The van der Waals surface area contributed by atoms with Gasteiger partial charge in [-0.2, -0.15) is 0 Å². The molecule has 9 rings (SSSR count). The Kier molecular flexibility index (Phi) is 5.40. The lowest BCUT2D eigenvalue weighted by molar-refractivity contribution is 0.669. The van der Waals surface area contributed by atoms with Crippen LogP contribution in [0.3, 0.4) is 0 Å². The highest BCUT2D eigenvalue weighted by atomic mass is 32.1. The van der Waals surface area contributed by atoms with Crippen molar-refractivity contribution in [3.05, 3.63) is 152 Å². The minimum absolute atomic E-state index is 0.885. The van der Waals surface area contributed by atoms with Crippen LogP contribution in [0.1, 0.15) is 0 Å². The average molecular weight is 568 g/mol. The summed E-state index contributed by atoms with van der Waals surface area (Å²) in [5.74, 6) is 0. The van der Waals surface area contributed by atoms with Gasteiger partial charge in [-0.15, -0.1) is 11.3 Å². The number of furan rings is 1. The molecule has 0 saturated carbocycles. The molecule has 0 spiro atoms. The third-order valence-corrected chi connectivity index (χ3v) is 9.61. The number of thiophene rings is 1. The summed E-state index contributed by atoms with van der Waals surface area (Å²) < 4.78 is 8.97. The van der Waals surface area contributed by atoms with Gasteiger partial charge in [-0.25, -0.2) is 0 Å². The van der Waals surface area contributed by atoms with Crippen LogP contribution in [0.5, 0.6) is 0 Å². The van der Waals surface area contributed by atoms with Crippen molar-refractivity contribution < 1.29 is 4.42 Å². The Morgan fingerprint density at radius 2 is 1.02 bits per heavy atom. The molecule has 7 aromatic carbocycles. The van der Waals surface area contributed by atoms with E-state index in [9.17, 15) is 0 Å². The van der Waals surface area contributed by atoms with Crippen LogP contribution in [0.15, 0.2) is 156 Å². The van der Waals surface area contributed by atoms with Crippen molar-refractivity contribution >= 4 is 81.3 Å². The fourth-order valence-corrected chi connectivity index (χ4v) is 7.75. The van der Waals surface area contributed by atoms with Gasteiger partial charge in [-0.3, -0.25) is 0 Å². The van der Waals surface area contributed by atoms with Crippen LogP contribution in [0, 0.1) is 0 Å². The largest absolute Gasteiger partial charge is 0.456 e. The van der Waals surface area contributed by atoms with Crippen LogP contribution >= 0.6 is 11.3 Å². The Hall–Kier alpha value is -5.38. The molecule has 0 radical (unpaired) electrons. The van der Waals surface area contributed by atoms with Crippen molar-refractivity contribution in [2.75, 3.05) is 4.90 Å². The van der Waals surface area contributed by atoms with E-state index in [0.29, 0.717) is 0 Å². The third-order valence-electron chi connectivity index (χ3n) is 8.47. The van der Waals surface area contributed by atoms with E-state index in [0.717, 1.165) is 39.0 Å². The summed E-state index contributed by atoms with van der Waals surface area (Å²) in [7, 11) is 0. The van der Waals surface area contributed by atoms with E-state index in [1.807, 2.05) is 17.4 Å². The van der Waals surface area contributed by atoms with Crippen LogP contribution < -0.4 is 4.90 Å². The molecule has 3 heteroatoms. The zero-order chi connectivity index (χ0) is 28.3. The third kappa shape index (κ3) is 3.72. The van der Waals surface area contributed by atoms with Crippen molar-refractivity contribution in [1.82, 2.24) is 0 Å². The van der Waals surface area contributed by atoms with Crippen molar-refractivity contribution in [2.45, 2.75) is 0 Å². The Bertz CT molecular complexity index is 2360. The smallest absolute Gasteiger partial charge is 0.137 e. The highest BCUT2D eigenvalue weighted by Crippen LogP contribution is 2.50. The predicted octanol–water partition coefficient (Wildman–Crippen LogP) is 12.2. The van der Waals surface area contributed by atoms with Gasteiger partial charge in [0, 0.05) is 30.9 Å². The van der Waals surface area contributed by atoms with Gasteiger partial charge in [-0.1, -0.05) is 109 Å². The second-order valence-corrected chi connectivity index (χ2v) is 12.0. The zero-order valence-electron chi connectivity index (χ0n) is 23.2. The van der Waals surface area contributed by atoms with Crippen molar-refractivity contribution in [3.8, 4) is 11.1 Å². The van der Waals surface area contributed by atoms with E-state index in [1.165, 1.54) is 42.1 Å². The van der Waals surface area contributed by atoms with E-state index < -0.39 is 0 Å². The van der Waals surface area contributed by atoms with Crippen LogP contribution in [-0.2, 0) is 0 Å². The highest BCUT2D eigenvalue weighted by molar-refractivity contribution is 7.26. The molecule has 2 nitrogen and oxygen atoms in total. The first-order valence-electron chi connectivity index (χ1n) is 14.5. The molecule has 0 aliphatic carbocycles. The lowest BCUT2D eigenvalue weighted by Crippen LogP contribution is -2.11. The Morgan fingerprint density at radius 1 is 0.395 bits per heavy atom.